The Labute approximate surface area is 131 Å². The van der Waals surface area contributed by atoms with E-state index in [1.165, 1.54) is 0 Å². The molecule has 0 amide bonds. The number of nitrogens with one attached hydrogen (secondary N) is 1. The van der Waals surface area contributed by atoms with Crippen LogP contribution in [0.3, 0.4) is 0 Å². The topological polar surface area (TPSA) is 63.6 Å². The summed E-state index contributed by atoms with van der Waals surface area (Å²) >= 11 is 6.51. The van der Waals surface area contributed by atoms with Crippen molar-refractivity contribution in [2.45, 2.75) is 13.5 Å². The number of aromatic nitrogens is 1. The number of benzene rings is 1. The highest BCUT2D eigenvalue weighted by Gasteiger charge is 2.26. The number of hydrogen-bond donors (Lipinski definition) is 1. The van der Waals surface area contributed by atoms with Gasteiger partial charge in [0, 0.05) is 12.3 Å². The van der Waals surface area contributed by atoms with Crippen molar-refractivity contribution in [3.63, 3.8) is 0 Å². The Morgan fingerprint density at radius 1 is 1.57 bits per heavy atom. The molecule has 3 rings (SSSR count). The summed E-state index contributed by atoms with van der Waals surface area (Å²) in [5.41, 5.74) is 4.41. The summed E-state index contributed by atoms with van der Waals surface area (Å²) < 4.78 is 6.47. The fourth-order valence-electron chi connectivity index (χ4n) is 2.11. The average molecular weight is 319 g/mol. The number of esters is 1. The van der Waals surface area contributed by atoms with E-state index in [2.05, 4.69) is 15.3 Å². The second kappa shape index (κ2) is 5.87. The highest BCUT2D eigenvalue weighted by Crippen LogP contribution is 2.20. The van der Waals surface area contributed by atoms with E-state index in [-0.39, 0.29) is 18.5 Å². The van der Waals surface area contributed by atoms with Gasteiger partial charge in [-0.3, -0.25) is 4.79 Å². The number of ether oxygens (including phenoxy) is 1. The number of carbonyl (C=O) groups is 1. The molecular weight excluding hydrogens is 306 g/mol. The van der Waals surface area contributed by atoms with Crippen molar-refractivity contribution >= 4 is 50.6 Å². The third-order valence-corrected chi connectivity index (χ3v) is 4.33. The molecule has 2 heterocycles. The molecular formula is C14H13N3O2S2. The van der Waals surface area contributed by atoms with Gasteiger partial charge in [0.15, 0.2) is 5.11 Å². The van der Waals surface area contributed by atoms with Gasteiger partial charge in [0.2, 0.25) is 0 Å². The Morgan fingerprint density at radius 3 is 3.24 bits per heavy atom. The molecule has 21 heavy (non-hydrogen) atoms. The molecule has 1 N–H and O–H groups in total. The molecule has 0 saturated carbocycles. The van der Waals surface area contributed by atoms with Gasteiger partial charge in [-0.15, -0.1) is 11.3 Å². The molecule has 0 aliphatic carbocycles. The van der Waals surface area contributed by atoms with Crippen molar-refractivity contribution < 1.29 is 9.53 Å². The first-order valence-corrected chi connectivity index (χ1v) is 7.74. The molecule has 0 bridgehead atoms. The maximum absolute atomic E-state index is 12.1. The highest BCUT2D eigenvalue weighted by atomic mass is 32.1. The van der Waals surface area contributed by atoms with E-state index in [1.54, 1.807) is 23.8 Å². The van der Waals surface area contributed by atoms with Crippen LogP contribution < -0.4 is 5.32 Å². The SMILES string of the molecule is CC1=NC(=S)NCC1C(=O)OCc1ccc2ncsc2c1. The molecule has 1 aliphatic heterocycles. The second-order valence-corrected chi connectivity index (χ2v) is 6.03. The van der Waals surface area contributed by atoms with E-state index in [4.69, 9.17) is 17.0 Å². The Balaban J connectivity index is 1.65. The van der Waals surface area contributed by atoms with Crippen LogP contribution in [0.25, 0.3) is 10.2 Å². The lowest BCUT2D eigenvalue weighted by Gasteiger charge is -2.21. The Hall–Kier alpha value is -1.86. The molecule has 0 saturated heterocycles. The van der Waals surface area contributed by atoms with Gasteiger partial charge in [-0.05, 0) is 36.8 Å². The highest BCUT2D eigenvalue weighted by molar-refractivity contribution is 7.80. The zero-order valence-corrected chi connectivity index (χ0v) is 13.0. The van der Waals surface area contributed by atoms with Crippen LogP contribution in [0.1, 0.15) is 12.5 Å². The first-order valence-electron chi connectivity index (χ1n) is 6.45. The first kappa shape index (κ1) is 14.1. The van der Waals surface area contributed by atoms with Crippen molar-refractivity contribution in [2.75, 3.05) is 6.54 Å². The summed E-state index contributed by atoms with van der Waals surface area (Å²) in [5.74, 6) is -0.653. The van der Waals surface area contributed by atoms with Crippen molar-refractivity contribution in [3.8, 4) is 0 Å². The molecule has 1 aromatic carbocycles. The van der Waals surface area contributed by atoms with E-state index in [1.807, 2.05) is 18.2 Å². The van der Waals surface area contributed by atoms with E-state index in [0.717, 1.165) is 15.8 Å². The third-order valence-electron chi connectivity index (χ3n) is 3.30. The molecule has 5 nitrogen and oxygen atoms in total. The molecule has 0 fully saturated rings. The van der Waals surface area contributed by atoms with Gasteiger partial charge < -0.3 is 10.1 Å². The number of hydrogen-bond acceptors (Lipinski definition) is 5. The molecule has 0 spiro atoms. The summed E-state index contributed by atoms with van der Waals surface area (Å²) in [6, 6.07) is 5.85. The zero-order chi connectivity index (χ0) is 14.8. The lowest BCUT2D eigenvalue weighted by atomic mass is 10.0. The molecule has 108 valence electrons. The maximum atomic E-state index is 12.1. The van der Waals surface area contributed by atoms with Gasteiger partial charge in [0.05, 0.1) is 15.7 Å². The van der Waals surface area contributed by atoms with Crippen LogP contribution >= 0.6 is 23.6 Å². The van der Waals surface area contributed by atoms with Crippen LogP contribution in [0.4, 0.5) is 0 Å². The third kappa shape index (κ3) is 3.08. The smallest absolute Gasteiger partial charge is 0.316 e. The number of thiocarbonyl (C=S) groups is 1. The second-order valence-electron chi connectivity index (χ2n) is 4.75. The van der Waals surface area contributed by atoms with Crippen LogP contribution in [0.5, 0.6) is 0 Å². The van der Waals surface area contributed by atoms with Crippen LogP contribution in [-0.2, 0) is 16.1 Å². The number of nitrogens with zero attached hydrogens (tertiary/aromatic N) is 2. The number of carbonyl (C=O) groups excluding carboxylic acids is 1. The van der Waals surface area contributed by atoms with Gasteiger partial charge in [0.25, 0.3) is 0 Å². The molecule has 7 heteroatoms. The van der Waals surface area contributed by atoms with E-state index in [9.17, 15) is 4.79 Å². The van der Waals surface area contributed by atoms with Crippen molar-refractivity contribution in [1.82, 2.24) is 10.3 Å². The monoisotopic (exact) mass is 319 g/mol. The van der Waals surface area contributed by atoms with E-state index >= 15 is 0 Å². The largest absolute Gasteiger partial charge is 0.460 e. The van der Waals surface area contributed by atoms with Crippen LogP contribution in [0.15, 0.2) is 28.7 Å². The number of aliphatic imine (C=N–C) groups is 1. The molecule has 1 aliphatic rings. The van der Waals surface area contributed by atoms with E-state index in [0.29, 0.717) is 17.4 Å². The zero-order valence-electron chi connectivity index (χ0n) is 11.3. The Bertz CT molecular complexity index is 739. The van der Waals surface area contributed by atoms with Crippen LogP contribution in [0.2, 0.25) is 0 Å². The summed E-state index contributed by atoms with van der Waals surface area (Å²) in [6.07, 6.45) is 0. The average Bonchev–Trinajstić information content (AvgIpc) is 2.92. The molecule has 2 aromatic rings. The number of fused-ring (bicyclic) bond motifs is 1. The molecule has 1 unspecified atom stereocenters. The van der Waals surface area contributed by atoms with Gasteiger partial charge in [0.1, 0.15) is 12.5 Å². The van der Waals surface area contributed by atoms with Crippen molar-refractivity contribution in [3.05, 3.63) is 29.3 Å². The minimum Gasteiger partial charge on any atom is -0.460 e. The van der Waals surface area contributed by atoms with Crippen molar-refractivity contribution in [1.29, 1.82) is 0 Å². The predicted octanol–water partition coefficient (Wildman–Crippen LogP) is 2.30. The van der Waals surface area contributed by atoms with E-state index < -0.39 is 0 Å². The summed E-state index contributed by atoms with van der Waals surface area (Å²) in [6.45, 7) is 2.49. The molecule has 0 radical (unpaired) electrons. The molecule has 1 aromatic heterocycles. The maximum Gasteiger partial charge on any atom is 0.316 e. The first-order chi connectivity index (χ1) is 10.1. The lowest BCUT2D eigenvalue weighted by molar-refractivity contribution is -0.147. The number of rotatable bonds is 3. The fourth-order valence-corrected chi connectivity index (χ4v) is 3.08. The Morgan fingerprint density at radius 2 is 2.43 bits per heavy atom. The summed E-state index contributed by atoms with van der Waals surface area (Å²) in [5, 5.41) is 3.32. The quantitative estimate of drug-likeness (QED) is 0.695. The summed E-state index contributed by atoms with van der Waals surface area (Å²) in [7, 11) is 0. The van der Waals surface area contributed by atoms with Gasteiger partial charge in [-0.2, -0.15) is 0 Å². The number of thiazole rings is 1. The minimum absolute atomic E-state index is 0.251. The Kier molecular flexibility index (Phi) is 3.94. The van der Waals surface area contributed by atoms with Crippen LogP contribution in [-0.4, -0.2) is 28.3 Å². The van der Waals surface area contributed by atoms with Crippen molar-refractivity contribution in [2.24, 2.45) is 10.9 Å². The minimum atomic E-state index is -0.371. The van der Waals surface area contributed by atoms with Crippen LogP contribution in [0, 0.1) is 5.92 Å². The summed E-state index contributed by atoms with van der Waals surface area (Å²) in [4.78, 5) is 20.4. The molecule has 1 atom stereocenters. The van der Waals surface area contributed by atoms with Gasteiger partial charge in [-0.25, -0.2) is 9.98 Å². The predicted molar refractivity (Wildman–Crippen MR) is 86.6 cm³/mol. The van der Waals surface area contributed by atoms with Gasteiger partial charge >= 0.3 is 5.97 Å². The standard InChI is InChI=1S/C14H13N3O2S2/c1-8-10(5-15-14(20)17-8)13(18)19-6-9-2-3-11-12(4-9)21-7-16-11/h2-4,7,10H,5-6H2,1H3,(H,15,20). The fraction of sp³-hybridized carbons (Fsp3) is 0.286. The normalized spacial score (nSPS) is 18.2. The van der Waals surface area contributed by atoms with Gasteiger partial charge in [-0.1, -0.05) is 6.07 Å². The lowest BCUT2D eigenvalue weighted by Crippen LogP contribution is -2.41.